The Kier molecular flexibility index (Phi) is 6.69. The highest BCUT2D eigenvalue weighted by Gasteiger charge is 2.17. The largest absolute Gasteiger partial charge is 0.481 e. The van der Waals surface area contributed by atoms with E-state index in [4.69, 9.17) is 16.7 Å². The fourth-order valence-corrected chi connectivity index (χ4v) is 2.59. The number of amides is 1. The van der Waals surface area contributed by atoms with Crippen LogP contribution in [-0.4, -0.2) is 23.5 Å². The van der Waals surface area contributed by atoms with Crippen molar-refractivity contribution in [3.05, 3.63) is 34.3 Å². The molecule has 0 heterocycles. The van der Waals surface area contributed by atoms with Gasteiger partial charge >= 0.3 is 5.97 Å². The van der Waals surface area contributed by atoms with Gasteiger partial charge in [-0.25, -0.2) is 0 Å². The van der Waals surface area contributed by atoms with Gasteiger partial charge in [0, 0.05) is 23.6 Å². The number of aryl methyl sites for hydroxylation is 1. The molecule has 1 aromatic rings. The summed E-state index contributed by atoms with van der Waals surface area (Å²) in [5, 5.41) is 12.3. The summed E-state index contributed by atoms with van der Waals surface area (Å²) in [4.78, 5) is 23.0. The second-order valence-corrected chi connectivity index (χ2v) is 6.20. The lowest BCUT2D eigenvalue weighted by molar-refractivity contribution is -0.138. The molecular weight excluding hydrogens is 290 g/mol. The highest BCUT2D eigenvalue weighted by molar-refractivity contribution is 6.30. The third kappa shape index (κ3) is 6.17. The van der Waals surface area contributed by atoms with E-state index in [1.807, 2.05) is 20.8 Å². The minimum Gasteiger partial charge on any atom is -0.481 e. The van der Waals surface area contributed by atoms with Crippen molar-refractivity contribution >= 4 is 23.5 Å². The second kappa shape index (κ2) is 8.03. The number of carboxylic acid groups (broad SMARTS) is 1. The molecule has 1 amide bonds. The van der Waals surface area contributed by atoms with Gasteiger partial charge in [-0.2, -0.15) is 0 Å². The molecule has 1 aromatic carbocycles. The number of benzene rings is 1. The van der Waals surface area contributed by atoms with Crippen LogP contribution >= 0.6 is 11.6 Å². The number of aliphatic carboxylic acids is 1. The molecule has 2 N–H and O–H groups in total. The van der Waals surface area contributed by atoms with Crippen LogP contribution in [0.4, 0.5) is 0 Å². The molecule has 1 atom stereocenters. The zero-order valence-corrected chi connectivity index (χ0v) is 13.4. The van der Waals surface area contributed by atoms with Gasteiger partial charge in [0.05, 0.1) is 0 Å². The maximum Gasteiger partial charge on any atom is 0.303 e. The summed E-state index contributed by atoms with van der Waals surface area (Å²) in [5.74, 6) is -0.691. The van der Waals surface area contributed by atoms with Gasteiger partial charge < -0.3 is 10.4 Å². The van der Waals surface area contributed by atoms with Crippen molar-refractivity contribution in [3.8, 4) is 0 Å². The third-order valence-electron chi connectivity index (χ3n) is 3.25. The average molecular weight is 312 g/mol. The number of carboxylic acids is 1. The quantitative estimate of drug-likeness (QED) is 0.809. The van der Waals surface area contributed by atoms with Crippen LogP contribution in [0.3, 0.4) is 0 Å². The molecule has 0 saturated heterocycles. The first-order valence-corrected chi connectivity index (χ1v) is 7.43. The average Bonchev–Trinajstić information content (AvgIpc) is 2.34. The van der Waals surface area contributed by atoms with E-state index in [-0.39, 0.29) is 18.2 Å². The molecule has 0 unspecified atom stereocenters. The molecule has 0 aliphatic carbocycles. The summed E-state index contributed by atoms with van der Waals surface area (Å²) in [5.41, 5.74) is 1.37. The molecule has 0 bridgehead atoms. The summed E-state index contributed by atoms with van der Waals surface area (Å²) in [6, 6.07) is 5.09. The maximum absolute atomic E-state index is 12.2. The van der Waals surface area contributed by atoms with Crippen LogP contribution in [0.15, 0.2) is 18.2 Å². The third-order valence-corrected chi connectivity index (χ3v) is 3.49. The molecule has 1 rings (SSSR count). The lowest BCUT2D eigenvalue weighted by Gasteiger charge is -2.18. The Morgan fingerprint density at radius 2 is 2.00 bits per heavy atom. The molecule has 0 spiro atoms. The highest BCUT2D eigenvalue weighted by Crippen LogP contribution is 2.17. The zero-order valence-electron chi connectivity index (χ0n) is 12.6. The molecular formula is C16H22ClNO3. The predicted molar refractivity (Wildman–Crippen MR) is 83.7 cm³/mol. The number of hydrogen-bond donors (Lipinski definition) is 2. The lowest BCUT2D eigenvalue weighted by Crippen LogP contribution is -2.31. The van der Waals surface area contributed by atoms with Crippen molar-refractivity contribution in [2.24, 2.45) is 11.8 Å². The van der Waals surface area contributed by atoms with Crippen molar-refractivity contribution in [1.82, 2.24) is 5.32 Å². The van der Waals surface area contributed by atoms with Crippen molar-refractivity contribution in [2.75, 3.05) is 6.54 Å². The molecule has 0 aliphatic rings. The molecule has 0 fully saturated rings. The van der Waals surface area contributed by atoms with Crippen molar-refractivity contribution < 1.29 is 14.7 Å². The fraction of sp³-hybridized carbons (Fsp3) is 0.500. The van der Waals surface area contributed by atoms with E-state index in [0.717, 1.165) is 12.0 Å². The standard InChI is InChI=1S/C16H22ClNO3/c1-10(2)6-12(8-15(19)20)9-18-16(21)14-5-4-13(17)7-11(14)3/h4-5,7,10,12H,6,8-9H2,1-3H3,(H,18,21)(H,19,20)/t12-/m0/s1. The summed E-state index contributed by atoms with van der Waals surface area (Å²) >= 11 is 5.87. The SMILES string of the molecule is Cc1cc(Cl)ccc1C(=O)NC[C@H](CC(=O)O)CC(C)C. The van der Waals surface area contributed by atoms with Gasteiger partial charge in [0.15, 0.2) is 0 Å². The van der Waals surface area contributed by atoms with Gasteiger partial charge in [-0.1, -0.05) is 25.4 Å². The molecule has 4 nitrogen and oxygen atoms in total. The Hall–Kier alpha value is -1.55. The van der Waals surface area contributed by atoms with Crippen molar-refractivity contribution in [1.29, 1.82) is 0 Å². The molecule has 116 valence electrons. The Morgan fingerprint density at radius 3 is 2.52 bits per heavy atom. The van der Waals surface area contributed by atoms with E-state index in [1.165, 1.54) is 0 Å². The second-order valence-electron chi connectivity index (χ2n) is 5.76. The van der Waals surface area contributed by atoms with E-state index in [0.29, 0.717) is 23.0 Å². The van der Waals surface area contributed by atoms with E-state index < -0.39 is 5.97 Å². The topological polar surface area (TPSA) is 66.4 Å². The summed E-state index contributed by atoms with van der Waals surface area (Å²) in [6.07, 6.45) is 0.838. The predicted octanol–water partition coefficient (Wildman–Crippen LogP) is 3.52. The van der Waals surface area contributed by atoms with E-state index in [2.05, 4.69) is 5.32 Å². The maximum atomic E-state index is 12.2. The zero-order chi connectivity index (χ0) is 16.0. The molecule has 5 heteroatoms. The molecule has 0 saturated carbocycles. The van der Waals surface area contributed by atoms with E-state index in [9.17, 15) is 9.59 Å². The minimum atomic E-state index is -0.836. The van der Waals surface area contributed by atoms with E-state index >= 15 is 0 Å². The first kappa shape index (κ1) is 17.5. The Morgan fingerprint density at radius 1 is 1.33 bits per heavy atom. The summed E-state index contributed by atoms with van der Waals surface area (Å²) in [7, 11) is 0. The Bertz CT molecular complexity index is 514. The van der Waals surface area contributed by atoms with Crippen LogP contribution in [0.5, 0.6) is 0 Å². The number of hydrogen-bond acceptors (Lipinski definition) is 2. The van der Waals surface area contributed by atoms with Crippen LogP contribution in [0, 0.1) is 18.8 Å². The van der Waals surface area contributed by atoms with Gasteiger partial charge in [-0.15, -0.1) is 0 Å². The summed E-state index contributed by atoms with van der Waals surface area (Å²) < 4.78 is 0. The van der Waals surface area contributed by atoms with Crippen LogP contribution < -0.4 is 5.32 Å². The van der Waals surface area contributed by atoms with Crippen LogP contribution in [0.1, 0.15) is 42.6 Å². The monoisotopic (exact) mass is 311 g/mol. The smallest absolute Gasteiger partial charge is 0.303 e. The Labute approximate surface area is 130 Å². The number of rotatable bonds is 7. The first-order valence-electron chi connectivity index (χ1n) is 7.05. The number of halogens is 1. The lowest BCUT2D eigenvalue weighted by atomic mass is 9.94. The fourth-order valence-electron chi connectivity index (χ4n) is 2.37. The van der Waals surface area contributed by atoms with Gasteiger partial charge in [0.25, 0.3) is 5.91 Å². The molecule has 0 aromatic heterocycles. The van der Waals surface area contributed by atoms with Crippen LogP contribution in [-0.2, 0) is 4.79 Å². The summed E-state index contributed by atoms with van der Waals surface area (Å²) in [6.45, 7) is 6.27. The normalized spacial score (nSPS) is 12.2. The van der Waals surface area contributed by atoms with Gasteiger partial charge in [-0.05, 0) is 48.9 Å². The molecule has 21 heavy (non-hydrogen) atoms. The highest BCUT2D eigenvalue weighted by atomic mass is 35.5. The van der Waals surface area contributed by atoms with Crippen molar-refractivity contribution in [2.45, 2.75) is 33.6 Å². The van der Waals surface area contributed by atoms with E-state index in [1.54, 1.807) is 18.2 Å². The van der Waals surface area contributed by atoms with Gasteiger partial charge in [-0.3, -0.25) is 9.59 Å². The first-order chi connectivity index (χ1) is 9.79. The van der Waals surface area contributed by atoms with Gasteiger partial charge in [0.2, 0.25) is 0 Å². The Balaban J connectivity index is 2.65. The van der Waals surface area contributed by atoms with Crippen molar-refractivity contribution in [3.63, 3.8) is 0 Å². The minimum absolute atomic E-state index is 0.0564. The molecule has 0 aliphatic heterocycles. The van der Waals surface area contributed by atoms with Crippen LogP contribution in [0.2, 0.25) is 5.02 Å². The number of carbonyl (C=O) groups excluding carboxylic acids is 1. The number of carbonyl (C=O) groups is 2. The van der Waals surface area contributed by atoms with Gasteiger partial charge in [0.1, 0.15) is 0 Å². The van der Waals surface area contributed by atoms with Crippen LogP contribution in [0.25, 0.3) is 0 Å². The molecule has 0 radical (unpaired) electrons. The number of nitrogens with one attached hydrogen (secondary N) is 1.